The molecule has 0 spiro atoms. The summed E-state index contributed by atoms with van der Waals surface area (Å²) in [6.45, 7) is 1.83. The van der Waals surface area contributed by atoms with E-state index < -0.39 is 5.97 Å². The fourth-order valence-electron chi connectivity index (χ4n) is 2.69. The van der Waals surface area contributed by atoms with E-state index in [1.165, 1.54) is 7.11 Å². The highest BCUT2D eigenvalue weighted by molar-refractivity contribution is 5.90. The molecule has 0 saturated carbocycles. The van der Waals surface area contributed by atoms with Gasteiger partial charge < -0.3 is 14.0 Å². The van der Waals surface area contributed by atoms with Crippen LogP contribution in [-0.2, 0) is 11.3 Å². The quantitative estimate of drug-likeness (QED) is 0.465. The van der Waals surface area contributed by atoms with Crippen LogP contribution in [0.1, 0.15) is 21.9 Å². The van der Waals surface area contributed by atoms with Gasteiger partial charge in [-0.05, 0) is 19.1 Å². The zero-order valence-corrected chi connectivity index (χ0v) is 15.9. The number of hydrogen-bond donors (Lipinski definition) is 0. The lowest BCUT2D eigenvalue weighted by Gasteiger charge is -2.01. The maximum absolute atomic E-state index is 12.5. The van der Waals surface area contributed by atoms with Crippen LogP contribution in [0.4, 0.5) is 0 Å². The Morgan fingerprint density at radius 2 is 1.86 bits per heavy atom. The van der Waals surface area contributed by atoms with Crippen LogP contribution >= 0.6 is 0 Å². The molecule has 29 heavy (non-hydrogen) atoms. The summed E-state index contributed by atoms with van der Waals surface area (Å²) in [5, 5.41) is 8.20. The third-order valence-electron chi connectivity index (χ3n) is 4.22. The van der Waals surface area contributed by atoms with Gasteiger partial charge in [0.2, 0.25) is 11.5 Å². The van der Waals surface area contributed by atoms with Crippen molar-refractivity contribution >= 4 is 5.97 Å². The van der Waals surface area contributed by atoms with Gasteiger partial charge in [-0.25, -0.2) is 9.48 Å². The summed E-state index contributed by atoms with van der Waals surface area (Å²) in [6, 6.07) is 17.1. The van der Waals surface area contributed by atoms with E-state index in [0.717, 1.165) is 16.8 Å². The summed E-state index contributed by atoms with van der Waals surface area (Å²) in [5.41, 5.74) is 2.81. The number of esters is 1. The Balaban J connectivity index is 1.46. The molecule has 0 unspecified atom stereocenters. The number of nitrogens with zero attached hydrogens (tertiary/aromatic N) is 4. The number of aryl methyl sites for hydroxylation is 1. The molecule has 2 heterocycles. The first-order valence-electron chi connectivity index (χ1n) is 8.90. The molecule has 0 atom stereocenters. The smallest absolute Gasteiger partial charge is 0.363 e. The fraction of sp³-hybridized carbons (Fsp3) is 0.143. The molecule has 0 aliphatic heterocycles. The average Bonchev–Trinajstić information content (AvgIpc) is 3.40. The second-order valence-corrected chi connectivity index (χ2v) is 6.28. The lowest BCUT2D eigenvalue weighted by molar-refractivity contribution is 0.0419. The predicted octanol–water partition coefficient (Wildman–Crippen LogP) is 3.60. The van der Waals surface area contributed by atoms with Crippen LogP contribution in [-0.4, -0.2) is 33.0 Å². The molecule has 2 aromatic heterocycles. The molecule has 0 amide bonds. The molecule has 2 aromatic carbocycles. The number of carbonyl (C=O) groups excluding carboxylic acids is 1. The topological polar surface area (TPSA) is 92.3 Å². The minimum Gasteiger partial charge on any atom is -0.493 e. The van der Waals surface area contributed by atoms with Crippen LogP contribution in [0, 0.1) is 6.92 Å². The van der Waals surface area contributed by atoms with Gasteiger partial charge in [0.15, 0.2) is 12.4 Å². The fourth-order valence-corrected chi connectivity index (χ4v) is 2.69. The lowest BCUT2D eigenvalue weighted by Crippen LogP contribution is -2.08. The molecule has 0 aliphatic rings. The number of ether oxygens (including phenoxy) is 2. The number of rotatable bonds is 6. The van der Waals surface area contributed by atoms with E-state index in [1.807, 2.05) is 61.5 Å². The number of benzene rings is 2. The van der Waals surface area contributed by atoms with Crippen LogP contribution in [0.25, 0.3) is 17.1 Å². The molecule has 0 saturated heterocycles. The van der Waals surface area contributed by atoms with Gasteiger partial charge in [-0.2, -0.15) is 10.1 Å². The van der Waals surface area contributed by atoms with Crippen LogP contribution in [0.2, 0.25) is 0 Å². The van der Waals surface area contributed by atoms with Crippen molar-refractivity contribution in [3.8, 4) is 22.8 Å². The zero-order chi connectivity index (χ0) is 20.2. The third-order valence-corrected chi connectivity index (χ3v) is 4.22. The molecule has 0 bridgehead atoms. The highest BCUT2D eigenvalue weighted by atomic mass is 16.6. The van der Waals surface area contributed by atoms with Crippen LogP contribution in [0.5, 0.6) is 5.75 Å². The number of carbonyl (C=O) groups is 1. The van der Waals surface area contributed by atoms with Gasteiger partial charge in [0.25, 0.3) is 5.89 Å². The lowest BCUT2D eigenvalue weighted by atomic mass is 10.1. The van der Waals surface area contributed by atoms with Gasteiger partial charge in [0, 0.05) is 5.56 Å². The van der Waals surface area contributed by atoms with Crippen LogP contribution in [0.15, 0.2) is 65.3 Å². The molecule has 0 radical (unpaired) electrons. The number of methoxy groups -OCH3 is 1. The maximum atomic E-state index is 12.5. The summed E-state index contributed by atoms with van der Waals surface area (Å²) in [6.07, 6.45) is 1.62. The Morgan fingerprint density at radius 3 is 2.59 bits per heavy atom. The molecule has 146 valence electrons. The van der Waals surface area contributed by atoms with Crippen molar-refractivity contribution in [2.75, 3.05) is 7.11 Å². The minimum atomic E-state index is -0.647. The average molecular weight is 390 g/mol. The first kappa shape index (κ1) is 18.4. The summed E-state index contributed by atoms with van der Waals surface area (Å²) < 4.78 is 17.3. The number of aromatic nitrogens is 4. The highest BCUT2D eigenvalue weighted by Crippen LogP contribution is 2.21. The Kier molecular flexibility index (Phi) is 5.07. The van der Waals surface area contributed by atoms with Crippen LogP contribution in [0.3, 0.4) is 0 Å². The largest absolute Gasteiger partial charge is 0.493 e. The molecule has 0 N–H and O–H groups in total. The normalized spacial score (nSPS) is 10.7. The van der Waals surface area contributed by atoms with Crippen LogP contribution < -0.4 is 4.74 Å². The molecular formula is C21H18N4O4. The molecule has 4 rings (SSSR count). The molecule has 4 aromatic rings. The molecule has 0 aliphatic carbocycles. The van der Waals surface area contributed by atoms with Gasteiger partial charge in [0.05, 0.1) is 19.0 Å². The van der Waals surface area contributed by atoms with E-state index in [1.54, 1.807) is 10.9 Å². The molecule has 8 heteroatoms. The van der Waals surface area contributed by atoms with E-state index in [2.05, 4.69) is 15.2 Å². The zero-order valence-electron chi connectivity index (χ0n) is 15.9. The Bertz CT molecular complexity index is 1120. The van der Waals surface area contributed by atoms with E-state index in [-0.39, 0.29) is 18.2 Å². The van der Waals surface area contributed by atoms with Crippen molar-refractivity contribution in [3.05, 3.63) is 77.9 Å². The SMILES string of the molecule is COc1cn(-c2ccccc2)nc1C(=O)OCc1nc(-c2ccc(C)cc2)no1. The highest BCUT2D eigenvalue weighted by Gasteiger charge is 2.21. The van der Waals surface area contributed by atoms with Crippen molar-refractivity contribution in [1.29, 1.82) is 0 Å². The van der Waals surface area contributed by atoms with Gasteiger partial charge in [-0.3, -0.25) is 0 Å². The summed E-state index contributed by atoms with van der Waals surface area (Å²) >= 11 is 0. The van der Waals surface area contributed by atoms with Crippen molar-refractivity contribution in [2.45, 2.75) is 13.5 Å². The first-order valence-corrected chi connectivity index (χ1v) is 8.90. The summed E-state index contributed by atoms with van der Waals surface area (Å²) in [7, 11) is 1.47. The summed E-state index contributed by atoms with van der Waals surface area (Å²) in [4.78, 5) is 16.7. The van der Waals surface area contributed by atoms with Gasteiger partial charge in [-0.1, -0.05) is 53.2 Å². The Hall–Kier alpha value is -3.94. The van der Waals surface area contributed by atoms with E-state index >= 15 is 0 Å². The minimum absolute atomic E-state index is 0.0645. The van der Waals surface area contributed by atoms with Crippen molar-refractivity contribution < 1.29 is 18.8 Å². The van der Waals surface area contributed by atoms with E-state index in [0.29, 0.717) is 11.6 Å². The van der Waals surface area contributed by atoms with Gasteiger partial charge >= 0.3 is 5.97 Å². The third kappa shape index (κ3) is 4.01. The second-order valence-electron chi connectivity index (χ2n) is 6.28. The molecule has 0 fully saturated rings. The van der Waals surface area contributed by atoms with E-state index in [9.17, 15) is 4.79 Å². The Morgan fingerprint density at radius 1 is 1.10 bits per heavy atom. The number of hydrogen-bond acceptors (Lipinski definition) is 7. The van der Waals surface area contributed by atoms with Crippen molar-refractivity contribution in [1.82, 2.24) is 19.9 Å². The second kappa shape index (κ2) is 7.97. The standard InChI is InChI=1S/C21H18N4O4/c1-14-8-10-15(11-9-14)20-22-18(29-24-20)13-28-21(26)19-17(27-2)12-25(23-19)16-6-4-3-5-7-16/h3-12H,13H2,1-2H3. The van der Waals surface area contributed by atoms with Gasteiger partial charge in [0.1, 0.15) is 0 Å². The maximum Gasteiger partial charge on any atom is 0.363 e. The van der Waals surface area contributed by atoms with E-state index in [4.69, 9.17) is 14.0 Å². The molecule has 8 nitrogen and oxygen atoms in total. The summed E-state index contributed by atoms with van der Waals surface area (Å²) in [5.74, 6) is 0.286. The van der Waals surface area contributed by atoms with Gasteiger partial charge in [-0.15, -0.1) is 0 Å². The monoisotopic (exact) mass is 390 g/mol. The van der Waals surface area contributed by atoms with Crippen molar-refractivity contribution in [2.24, 2.45) is 0 Å². The van der Waals surface area contributed by atoms with Crippen molar-refractivity contribution in [3.63, 3.8) is 0 Å². The number of para-hydroxylation sites is 1. The molecular weight excluding hydrogens is 372 g/mol. The first-order chi connectivity index (χ1) is 14.1. The Labute approximate surface area is 166 Å². The predicted molar refractivity (Wildman–Crippen MR) is 104 cm³/mol.